The molecule has 5 N–H and O–H groups in total. The van der Waals surface area contributed by atoms with E-state index in [0.29, 0.717) is 40.3 Å². The van der Waals surface area contributed by atoms with Crippen molar-refractivity contribution in [3.63, 3.8) is 0 Å². The molecule has 1 heterocycles. The molecule has 2 aromatic carbocycles. The molecule has 3 amide bonds. The third-order valence-electron chi connectivity index (χ3n) is 6.20. The molecule has 10 nitrogen and oxygen atoms in total. The molecule has 0 aliphatic rings. The van der Waals surface area contributed by atoms with Gasteiger partial charge in [-0.2, -0.15) is 0 Å². The number of methoxy groups -OCH3 is 1. The summed E-state index contributed by atoms with van der Waals surface area (Å²) in [5.74, 6) is -0.432. The molecule has 0 spiro atoms. The van der Waals surface area contributed by atoms with E-state index in [4.69, 9.17) is 9.94 Å². The van der Waals surface area contributed by atoms with Crippen LogP contribution >= 0.6 is 0 Å². The minimum Gasteiger partial charge on any atom is -0.497 e. The van der Waals surface area contributed by atoms with E-state index >= 15 is 0 Å². The van der Waals surface area contributed by atoms with Gasteiger partial charge in [0.1, 0.15) is 11.6 Å². The number of amides is 3. The Labute approximate surface area is 216 Å². The lowest BCUT2D eigenvalue weighted by Gasteiger charge is -2.23. The van der Waals surface area contributed by atoms with Crippen molar-refractivity contribution in [2.75, 3.05) is 12.4 Å². The molecule has 0 unspecified atom stereocenters. The molecule has 0 aliphatic carbocycles. The van der Waals surface area contributed by atoms with Gasteiger partial charge in [0.25, 0.3) is 5.91 Å². The van der Waals surface area contributed by atoms with Gasteiger partial charge in [0.15, 0.2) is 0 Å². The number of hydroxylamine groups is 1. The van der Waals surface area contributed by atoms with Crippen LogP contribution in [0.2, 0.25) is 0 Å². The van der Waals surface area contributed by atoms with Gasteiger partial charge >= 0.3 is 0 Å². The monoisotopic (exact) mass is 509 g/mol. The minimum absolute atomic E-state index is 0.000784. The molecule has 37 heavy (non-hydrogen) atoms. The second-order valence-corrected chi connectivity index (χ2v) is 9.35. The van der Waals surface area contributed by atoms with Gasteiger partial charge in [-0.15, -0.1) is 0 Å². The van der Waals surface area contributed by atoms with Gasteiger partial charge in [-0.3, -0.25) is 19.6 Å². The molecule has 10 heteroatoms. The largest absolute Gasteiger partial charge is 0.497 e. The number of aromatic amines is 1. The number of H-pyrrole nitrogens is 1. The van der Waals surface area contributed by atoms with Crippen LogP contribution in [-0.4, -0.2) is 40.0 Å². The Kier molecular flexibility index (Phi) is 9.62. The van der Waals surface area contributed by atoms with E-state index in [2.05, 4.69) is 20.6 Å². The Hall–Kier alpha value is -3.92. The van der Waals surface area contributed by atoms with Gasteiger partial charge in [0.2, 0.25) is 11.8 Å². The zero-order valence-electron chi connectivity index (χ0n) is 21.6. The maximum absolute atomic E-state index is 13.1. The van der Waals surface area contributed by atoms with Crippen LogP contribution in [0.25, 0.3) is 11.0 Å². The fourth-order valence-electron chi connectivity index (χ4n) is 4.06. The summed E-state index contributed by atoms with van der Waals surface area (Å²) >= 11 is 0. The second-order valence-electron chi connectivity index (χ2n) is 9.35. The number of benzene rings is 2. The van der Waals surface area contributed by atoms with E-state index in [0.717, 1.165) is 12.8 Å². The smallest absolute Gasteiger partial charge is 0.255 e. The number of aromatic nitrogens is 2. The fraction of sp³-hybridized carbons (Fsp3) is 0.407. The molecule has 198 valence electrons. The van der Waals surface area contributed by atoms with Gasteiger partial charge in [0, 0.05) is 23.6 Å². The molecule has 0 saturated carbocycles. The van der Waals surface area contributed by atoms with E-state index in [1.54, 1.807) is 55.1 Å². The number of unbranched alkanes of at least 4 members (excludes halogenated alkanes) is 1. The van der Waals surface area contributed by atoms with Crippen molar-refractivity contribution in [3.8, 4) is 5.75 Å². The highest BCUT2D eigenvalue weighted by Gasteiger charge is 2.27. The van der Waals surface area contributed by atoms with Crippen molar-refractivity contribution >= 4 is 34.4 Å². The molecule has 0 saturated heterocycles. The van der Waals surface area contributed by atoms with E-state index in [9.17, 15) is 14.4 Å². The zero-order chi connectivity index (χ0) is 26.9. The number of fused-ring (bicyclic) bond motifs is 1. The SMILES string of the molecule is CCCC[C@H](CC(=O)NO)C(=O)N[C@H](c1nc2ccc(C(=O)Nc3ccc(OC)cc3)cc2[nH]1)C(C)C. The van der Waals surface area contributed by atoms with Crippen LogP contribution in [0, 0.1) is 11.8 Å². The normalized spacial score (nSPS) is 12.7. The van der Waals surface area contributed by atoms with Crippen molar-refractivity contribution < 1.29 is 24.3 Å². The van der Waals surface area contributed by atoms with Gasteiger partial charge in [0.05, 0.1) is 24.2 Å². The number of anilines is 1. The molecule has 3 rings (SSSR count). The Morgan fingerprint density at radius 1 is 1.11 bits per heavy atom. The molecular weight excluding hydrogens is 474 g/mol. The van der Waals surface area contributed by atoms with Crippen LogP contribution in [0.15, 0.2) is 42.5 Å². The number of nitrogens with zero attached hydrogens (tertiary/aromatic N) is 1. The zero-order valence-corrected chi connectivity index (χ0v) is 21.6. The van der Waals surface area contributed by atoms with E-state index in [1.165, 1.54) is 0 Å². The number of rotatable bonds is 12. The lowest BCUT2D eigenvalue weighted by atomic mass is 9.95. The number of hydrogen-bond donors (Lipinski definition) is 5. The lowest BCUT2D eigenvalue weighted by Crippen LogP contribution is -2.38. The topological polar surface area (TPSA) is 145 Å². The van der Waals surface area contributed by atoms with Crippen LogP contribution in [0.5, 0.6) is 5.75 Å². The lowest BCUT2D eigenvalue weighted by molar-refractivity contribution is -0.135. The Morgan fingerprint density at radius 3 is 2.46 bits per heavy atom. The van der Waals surface area contributed by atoms with Gasteiger partial charge in [-0.05, 0) is 54.8 Å². The Morgan fingerprint density at radius 2 is 1.84 bits per heavy atom. The molecule has 0 fully saturated rings. The van der Waals surface area contributed by atoms with Crippen molar-refractivity contribution in [2.24, 2.45) is 11.8 Å². The number of nitrogens with one attached hydrogen (secondary N) is 4. The highest BCUT2D eigenvalue weighted by molar-refractivity contribution is 6.06. The summed E-state index contributed by atoms with van der Waals surface area (Å²) in [6, 6.07) is 11.8. The van der Waals surface area contributed by atoms with Crippen molar-refractivity contribution in [3.05, 3.63) is 53.9 Å². The average molecular weight is 510 g/mol. The van der Waals surface area contributed by atoms with Crippen molar-refractivity contribution in [2.45, 2.75) is 52.5 Å². The summed E-state index contributed by atoms with van der Waals surface area (Å²) in [5, 5.41) is 14.8. The molecule has 0 aliphatic heterocycles. The fourth-order valence-corrected chi connectivity index (χ4v) is 4.06. The molecule has 1 aromatic heterocycles. The highest BCUT2D eigenvalue weighted by atomic mass is 16.5. The molecule has 0 bridgehead atoms. The van der Waals surface area contributed by atoms with Crippen molar-refractivity contribution in [1.82, 2.24) is 20.8 Å². The Balaban J connectivity index is 1.78. The number of imidazole rings is 1. The number of carbonyl (C=O) groups is 3. The summed E-state index contributed by atoms with van der Waals surface area (Å²) in [6.45, 7) is 5.94. The summed E-state index contributed by atoms with van der Waals surface area (Å²) in [5.41, 5.74) is 4.04. The molecule has 0 radical (unpaired) electrons. The predicted octanol–water partition coefficient (Wildman–Crippen LogP) is 4.34. The summed E-state index contributed by atoms with van der Waals surface area (Å²) < 4.78 is 5.14. The summed E-state index contributed by atoms with van der Waals surface area (Å²) in [7, 11) is 1.58. The van der Waals surface area contributed by atoms with E-state index < -0.39 is 17.9 Å². The first kappa shape index (κ1) is 27.7. The van der Waals surface area contributed by atoms with E-state index in [1.807, 2.05) is 20.8 Å². The number of hydrogen-bond acceptors (Lipinski definition) is 6. The van der Waals surface area contributed by atoms with Crippen LogP contribution in [0.4, 0.5) is 5.69 Å². The van der Waals surface area contributed by atoms with Gasteiger partial charge in [-0.1, -0.05) is 33.6 Å². The van der Waals surface area contributed by atoms with E-state index in [-0.39, 0.29) is 24.2 Å². The van der Waals surface area contributed by atoms with Gasteiger partial charge in [-0.25, -0.2) is 10.5 Å². The predicted molar refractivity (Wildman–Crippen MR) is 140 cm³/mol. The minimum atomic E-state index is -0.596. The first-order valence-electron chi connectivity index (χ1n) is 12.4. The molecule has 3 aromatic rings. The van der Waals surface area contributed by atoms with Crippen LogP contribution in [0.3, 0.4) is 0 Å². The first-order valence-corrected chi connectivity index (χ1v) is 12.4. The number of ether oxygens (including phenoxy) is 1. The average Bonchev–Trinajstić information content (AvgIpc) is 3.32. The first-order chi connectivity index (χ1) is 17.7. The quantitative estimate of drug-likeness (QED) is 0.181. The Bertz CT molecular complexity index is 1220. The molecular formula is C27H35N5O5. The van der Waals surface area contributed by atoms with Crippen LogP contribution in [-0.2, 0) is 9.59 Å². The standard InChI is InChI=1S/C27H35N5O5/c1-5-6-7-17(15-23(33)32-36)27(35)31-24(16(2)3)25-29-21-13-8-18(14-22(21)30-25)26(34)28-19-9-11-20(37-4)12-10-19/h8-14,16-17,24,36H,5-7,15H2,1-4H3,(H,28,34)(H,29,30)(H,31,35)(H,32,33)/t17-,24+/m1/s1. The maximum Gasteiger partial charge on any atom is 0.255 e. The third-order valence-corrected chi connectivity index (χ3v) is 6.20. The third kappa shape index (κ3) is 7.29. The van der Waals surface area contributed by atoms with Crippen molar-refractivity contribution in [1.29, 1.82) is 0 Å². The second kappa shape index (κ2) is 12.9. The number of carbonyl (C=O) groups excluding carboxylic acids is 3. The maximum atomic E-state index is 13.1. The highest BCUT2D eigenvalue weighted by Crippen LogP contribution is 2.25. The molecule has 2 atom stereocenters. The van der Waals surface area contributed by atoms with Crippen LogP contribution in [0.1, 0.15) is 68.7 Å². The van der Waals surface area contributed by atoms with Gasteiger partial charge < -0.3 is 20.4 Å². The van der Waals surface area contributed by atoms with Crippen LogP contribution < -0.4 is 20.9 Å². The summed E-state index contributed by atoms with van der Waals surface area (Å²) in [6.07, 6.45) is 2.11. The summed E-state index contributed by atoms with van der Waals surface area (Å²) in [4.78, 5) is 45.5.